The average molecular weight is 293 g/mol. The number of aromatic nitrogens is 4. The molecule has 8 heteroatoms. The van der Waals surface area contributed by atoms with E-state index in [1.165, 1.54) is 16.4 Å². The van der Waals surface area contributed by atoms with Gasteiger partial charge < -0.3 is 10.1 Å². The molecule has 2 rings (SSSR count). The fraction of sp³-hybridized carbons (Fsp3) is 0.333. The fourth-order valence-corrected chi connectivity index (χ4v) is 2.23. The van der Waals surface area contributed by atoms with Crippen LogP contribution in [-0.2, 0) is 11.8 Å². The molecule has 1 amide bonds. The van der Waals surface area contributed by atoms with Gasteiger partial charge in [0, 0.05) is 18.8 Å². The van der Waals surface area contributed by atoms with Gasteiger partial charge in [-0.2, -0.15) is 0 Å². The molecular weight excluding hydrogens is 278 g/mol. The molecule has 1 heterocycles. The van der Waals surface area contributed by atoms with Crippen molar-refractivity contribution in [2.75, 3.05) is 12.4 Å². The minimum Gasteiger partial charge on any atom is -0.497 e. The normalized spacial score (nSPS) is 11.9. The van der Waals surface area contributed by atoms with Gasteiger partial charge in [-0.05, 0) is 29.5 Å². The second-order valence-electron chi connectivity index (χ2n) is 4.07. The highest BCUT2D eigenvalue weighted by atomic mass is 32.2. The summed E-state index contributed by atoms with van der Waals surface area (Å²) in [4.78, 5) is 12.1. The van der Waals surface area contributed by atoms with E-state index in [0.29, 0.717) is 16.6 Å². The lowest BCUT2D eigenvalue weighted by Gasteiger charge is -2.11. The van der Waals surface area contributed by atoms with Gasteiger partial charge in [0.05, 0.1) is 12.4 Å². The van der Waals surface area contributed by atoms with Gasteiger partial charge in [-0.25, -0.2) is 4.68 Å². The van der Waals surface area contributed by atoms with E-state index >= 15 is 0 Å². The number of aryl methyl sites for hydroxylation is 1. The predicted octanol–water partition coefficient (Wildman–Crippen LogP) is 1.34. The summed E-state index contributed by atoms with van der Waals surface area (Å²) in [7, 11) is 3.31. The van der Waals surface area contributed by atoms with Crippen molar-refractivity contribution in [3.05, 3.63) is 24.3 Å². The Labute approximate surface area is 120 Å². The zero-order chi connectivity index (χ0) is 14.5. The number of anilines is 1. The van der Waals surface area contributed by atoms with E-state index in [4.69, 9.17) is 4.74 Å². The Bertz CT molecular complexity index is 601. The van der Waals surface area contributed by atoms with Crippen LogP contribution in [0.15, 0.2) is 29.4 Å². The molecule has 20 heavy (non-hydrogen) atoms. The highest BCUT2D eigenvalue weighted by Gasteiger charge is 2.17. The lowest BCUT2D eigenvalue weighted by atomic mass is 10.3. The van der Waals surface area contributed by atoms with E-state index < -0.39 is 0 Å². The molecule has 0 saturated heterocycles. The molecule has 0 aliphatic rings. The van der Waals surface area contributed by atoms with Crippen LogP contribution < -0.4 is 10.1 Å². The van der Waals surface area contributed by atoms with Crippen LogP contribution in [0.1, 0.15) is 6.92 Å². The Balaban J connectivity index is 1.98. The molecule has 0 spiro atoms. The molecule has 0 saturated carbocycles. The number of carbonyl (C=O) groups is 1. The Morgan fingerprint density at radius 3 is 2.95 bits per heavy atom. The van der Waals surface area contributed by atoms with Gasteiger partial charge in [-0.3, -0.25) is 4.79 Å². The second kappa shape index (κ2) is 6.38. The molecular formula is C12H15N5O2S. The van der Waals surface area contributed by atoms with Crippen molar-refractivity contribution in [3.63, 3.8) is 0 Å². The Hall–Kier alpha value is -2.09. The van der Waals surface area contributed by atoms with Gasteiger partial charge in [-0.1, -0.05) is 17.8 Å². The molecule has 1 atom stereocenters. The molecule has 1 aromatic carbocycles. The quantitative estimate of drug-likeness (QED) is 0.838. The zero-order valence-electron chi connectivity index (χ0n) is 11.4. The lowest BCUT2D eigenvalue weighted by Crippen LogP contribution is -2.22. The lowest BCUT2D eigenvalue weighted by molar-refractivity contribution is -0.115. The molecule has 1 aromatic heterocycles. The smallest absolute Gasteiger partial charge is 0.237 e. The van der Waals surface area contributed by atoms with Crippen molar-refractivity contribution in [2.45, 2.75) is 17.3 Å². The Morgan fingerprint density at radius 2 is 2.30 bits per heavy atom. The van der Waals surface area contributed by atoms with Crippen LogP contribution in [0.25, 0.3) is 0 Å². The number of nitrogens with zero attached hydrogens (tertiary/aromatic N) is 4. The maximum atomic E-state index is 12.1. The van der Waals surface area contributed by atoms with E-state index in [1.54, 1.807) is 27.1 Å². The summed E-state index contributed by atoms with van der Waals surface area (Å²) in [5.74, 6) is 0.576. The number of amides is 1. The summed E-state index contributed by atoms with van der Waals surface area (Å²) >= 11 is 1.30. The minimum absolute atomic E-state index is 0.119. The van der Waals surface area contributed by atoms with Crippen LogP contribution in [0.4, 0.5) is 5.69 Å². The number of hydrogen-bond donors (Lipinski definition) is 1. The molecule has 106 valence electrons. The molecule has 1 N–H and O–H groups in total. The van der Waals surface area contributed by atoms with Crippen molar-refractivity contribution in [1.82, 2.24) is 20.2 Å². The molecule has 0 aliphatic heterocycles. The van der Waals surface area contributed by atoms with Crippen LogP contribution in [0.2, 0.25) is 0 Å². The van der Waals surface area contributed by atoms with Crippen molar-refractivity contribution in [2.24, 2.45) is 7.05 Å². The molecule has 0 fully saturated rings. The molecule has 7 nitrogen and oxygen atoms in total. The van der Waals surface area contributed by atoms with Crippen molar-refractivity contribution in [3.8, 4) is 5.75 Å². The van der Waals surface area contributed by atoms with Gasteiger partial charge in [0.25, 0.3) is 0 Å². The third-order valence-corrected chi connectivity index (χ3v) is 3.69. The van der Waals surface area contributed by atoms with Crippen molar-refractivity contribution < 1.29 is 9.53 Å². The third kappa shape index (κ3) is 3.47. The maximum Gasteiger partial charge on any atom is 0.237 e. The SMILES string of the molecule is COc1cccc(NC(=O)[C@H](C)Sc2nnnn2C)c1. The van der Waals surface area contributed by atoms with E-state index in [1.807, 2.05) is 18.2 Å². The Kier molecular flexibility index (Phi) is 4.57. The molecule has 2 aromatic rings. The molecule has 0 aliphatic carbocycles. The number of hydrogen-bond acceptors (Lipinski definition) is 6. The number of benzene rings is 1. The van der Waals surface area contributed by atoms with Gasteiger partial charge in [0.1, 0.15) is 5.75 Å². The predicted molar refractivity (Wildman–Crippen MR) is 75.7 cm³/mol. The van der Waals surface area contributed by atoms with Gasteiger partial charge >= 0.3 is 0 Å². The first-order chi connectivity index (χ1) is 9.60. The number of carbonyl (C=O) groups excluding carboxylic acids is 1. The first-order valence-electron chi connectivity index (χ1n) is 5.94. The van der Waals surface area contributed by atoms with Crippen molar-refractivity contribution in [1.29, 1.82) is 0 Å². The molecule has 0 unspecified atom stereocenters. The number of thioether (sulfide) groups is 1. The summed E-state index contributed by atoms with van der Waals surface area (Å²) in [6.07, 6.45) is 0. The monoisotopic (exact) mass is 293 g/mol. The van der Waals surface area contributed by atoms with E-state index in [0.717, 1.165) is 0 Å². The number of nitrogens with one attached hydrogen (secondary N) is 1. The van der Waals surface area contributed by atoms with E-state index in [2.05, 4.69) is 20.8 Å². The fourth-order valence-electron chi connectivity index (χ4n) is 1.48. The average Bonchev–Trinajstić information content (AvgIpc) is 2.84. The van der Waals surface area contributed by atoms with Crippen LogP contribution in [0.5, 0.6) is 5.75 Å². The number of ether oxygens (including phenoxy) is 1. The maximum absolute atomic E-state index is 12.1. The first kappa shape index (κ1) is 14.3. The van der Waals surface area contributed by atoms with Crippen LogP contribution in [0.3, 0.4) is 0 Å². The van der Waals surface area contributed by atoms with Gasteiger partial charge in [0.15, 0.2) is 0 Å². The highest BCUT2D eigenvalue weighted by Crippen LogP contribution is 2.22. The Morgan fingerprint density at radius 1 is 1.50 bits per heavy atom. The topological polar surface area (TPSA) is 81.9 Å². The second-order valence-corrected chi connectivity index (χ2v) is 5.37. The zero-order valence-corrected chi connectivity index (χ0v) is 12.2. The highest BCUT2D eigenvalue weighted by molar-refractivity contribution is 8.00. The minimum atomic E-state index is -0.314. The summed E-state index contributed by atoms with van der Waals surface area (Å²) in [6.45, 7) is 1.80. The number of rotatable bonds is 5. The summed E-state index contributed by atoms with van der Waals surface area (Å²) in [5, 5.41) is 14.2. The van der Waals surface area contributed by atoms with Crippen LogP contribution in [-0.4, -0.2) is 38.5 Å². The van der Waals surface area contributed by atoms with Crippen molar-refractivity contribution >= 4 is 23.4 Å². The van der Waals surface area contributed by atoms with E-state index in [9.17, 15) is 4.79 Å². The summed E-state index contributed by atoms with van der Waals surface area (Å²) in [5.41, 5.74) is 0.692. The largest absolute Gasteiger partial charge is 0.497 e. The third-order valence-electron chi connectivity index (χ3n) is 2.57. The van der Waals surface area contributed by atoms with Crippen LogP contribution in [0, 0.1) is 0 Å². The summed E-state index contributed by atoms with van der Waals surface area (Å²) < 4.78 is 6.64. The van der Waals surface area contributed by atoms with Crippen LogP contribution >= 0.6 is 11.8 Å². The molecule has 0 bridgehead atoms. The first-order valence-corrected chi connectivity index (χ1v) is 6.82. The standard InChI is InChI=1S/C12H15N5O2S/c1-8(20-12-14-15-16-17(12)2)11(18)13-9-5-4-6-10(7-9)19-3/h4-8H,1-3H3,(H,13,18)/t8-/m0/s1. The number of tetrazole rings is 1. The van der Waals surface area contributed by atoms with Gasteiger partial charge in [-0.15, -0.1) is 5.10 Å². The van der Waals surface area contributed by atoms with E-state index in [-0.39, 0.29) is 11.2 Å². The van der Waals surface area contributed by atoms with Gasteiger partial charge in [0.2, 0.25) is 11.1 Å². The number of methoxy groups -OCH3 is 1. The summed E-state index contributed by atoms with van der Waals surface area (Å²) in [6, 6.07) is 7.21. The molecule has 0 radical (unpaired) electrons.